The van der Waals surface area contributed by atoms with Crippen molar-refractivity contribution in [2.24, 2.45) is 0 Å². The first-order chi connectivity index (χ1) is 17.4. The molecule has 0 unspecified atom stereocenters. The van der Waals surface area contributed by atoms with Gasteiger partial charge in [0, 0.05) is 30.3 Å². The third kappa shape index (κ3) is 4.09. The quantitative estimate of drug-likeness (QED) is 0.380. The van der Waals surface area contributed by atoms with Crippen molar-refractivity contribution in [1.29, 1.82) is 0 Å². The van der Waals surface area contributed by atoms with E-state index in [1.165, 1.54) is 12.1 Å². The summed E-state index contributed by atoms with van der Waals surface area (Å²) in [6.07, 6.45) is 2.00. The number of nitrogens with one attached hydrogen (secondary N) is 1. The molecule has 188 valence electrons. The van der Waals surface area contributed by atoms with Gasteiger partial charge in [0.15, 0.2) is 10.9 Å². The van der Waals surface area contributed by atoms with Crippen LogP contribution in [0.5, 0.6) is 11.9 Å². The number of fused-ring (bicyclic) bond motifs is 2. The van der Waals surface area contributed by atoms with Crippen molar-refractivity contribution in [3.8, 4) is 23.0 Å². The van der Waals surface area contributed by atoms with Crippen molar-refractivity contribution < 1.29 is 18.3 Å². The minimum absolute atomic E-state index is 0.00198. The first-order valence-corrected chi connectivity index (χ1v) is 12.8. The molecule has 0 aliphatic carbocycles. The van der Waals surface area contributed by atoms with Crippen LogP contribution in [0.4, 0.5) is 13.9 Å². The lowest BCUT2D eigenvalue weighted by atomic mass is 10.0. The van der Waals surface area contributed by atoms with E-state index in [9.17, 15) is 4.39 Å². The second-order valence-electron chi connectivity index (χ2n) is 9.07. The lowest BCUT2D eigenvalue weighted by Crippen LogP contribution is -2.50. The van der Waals surface area contributed by atoms with Gasteiger partial charge in [-0.25, -0.2) is 13.8 Å². The number of hydrogen-bond donors (Lipinski definition) is 2. The summed E-state index contributed by atoms with van der Waals surface area (Å²) < 4.78 is 42.8. The maximum Gasteiger partial charge on any atom is 0.320 e. The third-order valence-electron chi connectivity index (χ3n) is 6.71. The van der Waals surface area contributed by atoms with Crippen LogP contribution < -0.4 is 20.5 Å². The molecule has 2 aromatic carbocycles. The lowest BCUT2D eigenvalue weighted by Gasteiger charge is -2.28. The zero-order chi connectivity index (χ0) is 25.0. The molecule has 0 amide bonds. The molecule has 4 heterocycles. The summed E-state index contributed by atoms with van der Waals surface area (Å²) in [6, 6.07) is 4.52. The molecule has 12 heteroatoms. The van der Waals surface area contributed by atoms with E-state index >= 15 is 4.39 Å². The number of likely N-dealkylation sites (tertiary alicyclic amines) is 1. The molecule has 0 saturated carbocycles. The smallest absolute Gasteiger partial charge is 0.320 e. The molecule has 0 radical (unpaired) electrons. The van der Waals surface area contributed by atoms with Gasteiger partial charge in [-0.05, 0) is 44.6 Å². The summed E-state index contributed by atoms with van der Waals surface area (Å²) in [4.78, 5) is 15.3. The molecule has 0 spiro atoms. The Labute approximate surface area is 214 Å². The van der Waals surface area contributed by atoms with Crippen molar-refractivity contribution in [3.63, 3.8) is 0 Å². The fraction of sp³-hybridized carbons (Fsp3) is 0.375. The fourth-order valence-corrected chi connectivity index (χ4v) is 5.67. The van der Waals surface area contributed by atoms with Crippen molar-refractivity contribution >= 4 is 49.2 Å². The molecule has 2 aromatic heterocycles. The number of benzene rings is 2. The van der Waals surface area contributed by atoms with Gasteiger partial charge in [0.05, 0.1) is 20.6 Å². The number of nitrogens with two attached hydrogens (primary N) is 1. The van der Waals surface area contributed by atoms with Crippen LogP contribution in [-0.2, 0) is 0 Å². The number of aromatic nitrogens is 3. The van der Waals surface area contributed by atoms with Gasteiger partial charge in [-0.1, -0.05) is 22.9 Å². The molecule has 2 fully saturated rings. The summed E-state index contributed by atoms with van der Waals surface area (Å²) in [5.74, 6) is -0.977. The highest BCUT2D eigenvalue weighted by Crippen LogP contribution is 2.42. The van der Waals surface area contributed by atoms with E-state index in [0.717, 1.165) is 30.7 Å². The highest BCUT2D eigenvalue weighted by molar-refractivity contribution is 7.22. The maximum absolute atomic E-state index is 16.2. The second kappa shape index (κ2) is 9.22. The average Bonchev–Trinajstić information content (AvgIpc) is 3.42. The van der Waals surface area contributed by atoms with Crippen LogP contribution in [-0.4, -0.2) is 65.3 Å². The monoisotopic (exact) mass is 532 g/mol. The molecule has 36 heavy (non-hydrogen) atoms. The number of nitrogen functional groups attached to an aromatic ring is 1. The highest BCUT2D eigenvalue weighted by Gasteiger charge is 2.27. The first kappa shape index (κ1) is 23.5. The number of likely N-dealkylation sites (N-methyl/N-ethyl adjacent to an activating group) is 1. The lowest BCUT2D eigenvalue weighted by molar-refractivity contribution is 0.134. The topological polar surface area (TPSA) is 98.4 Å². The minimum atomic E-state index is -0.696. The zero-order valence-electron chi connectivity index (χ0n) is 19.4. The van der Waals surface area contributed by atoms with E-state index in [4.69, 9.17) is 26.8 Å². The predicted octanol–water partition coefficient (Wildman–Crippen LogP) is 4.24. The normalized spacial score (nSPS) is 18.7. The molecule has 2 saturated heterocycles. The van der Waals surface area contributed by atoms with Crippen molar-refractivity contribution in [1.82, 2.24) is 25.2 Å². The van der Waals surface area contributed by atoms with Crippen LogP contribution in [0, 0.1) is 11.6 Å². The van der Waals surface area contributed by atoms with Crippen molar-refractivity contribution in [2.75, 3.05) is 39.0 Å². The van der Waals surface area contributed by atoms with Crippen LogP contribution >= 0.6 is 22.9 Å². The number of halogens is 3. The number of rotatable bonds is 6. The molecule has 4 aromatic rings. The van der Waals surface area contributed by atoms with Gasteiger partial charge >= 0.3 is 6.01 Å². The van der Waals surface area contributed by atoms with Crippen LogP contribution in [0.3, 0.4) is 0 Å². The van der Waals surface area contributed by atoms with Crippen molar-refractivity contribution in [3.05, 3.63) is 34.9 Å². The Kier molecular flexibility index (Phi) is 6.03. The predicted molar refractivity (Wildman–Crippen MR) is 136 cm³/mol. The van der Waals surface area contributed by atoms with Crippen LogP contribution in [0.25, 0.3) is 32.2 Å². The van der Waals surface area contributed by atoms with Gasteiger partial charge in [-0.2, -0.15) is 9.97 Å². The van der Waals surface area contributed by atoms with Gasteiger partial charge in [0.25, 0.3) is 0 Å². The van der Waals surface area contributed by atoms with E-state index in [1.54, 1.807) is 6.07 Å². The number of anilines is 1. The summed E-state index contributed by atoms with van der Waals surface area (Å²) >= 11 is 7.59. The molecule has 2 aliphatic heterocycles. The van der Waals surface area contributed by atoms with Gasteiger partial charge in [-0.15, -0.1) is 0 Å². The van der Waals surface area contributed by atoms with Crippen LogP contribution in [0.2, 0.25) is 5.02 Å². The van der Waals surface area contributed by atoms with E-state index in [2.05, 4.69) is 25.2 Å². The molecule has 1 atom stereocenters. The van der Waals surface area contributed by atoms with Crippen molar-refractivity contribution in [2.45, 2.75) is 25.0 Å². The van der Waals surface area contributed by atoms with E-state index in [-0.39, 0.29) is 55.5 Å². The Morgan fingerprint density at radius 2 is 2.06 bits per heavy atom. The molecular formula is C24H23ClF2N6O2S. The molecule has 0 bridgehead atoms. The minimum Gasteiger partial charge on any atom is -0.471 e. The summed E-state index contributed by atoms with van der Waals surface area (Å²) in [7, 11) is 2.04. The van der Waals surface area contributed by atoms with E-state index < -0.39 is 11.6 Å². The van der Waals surface area contributed by atoms with Crippen LogP contribution in [0.15, 0.2) is 18.2 Å². The summed E-state index contributed by atoms with van der Waals surface area (Å²) in [5, 5.41) is 3.74. The largest absolute Gasteiger partial charge is 0.471 e. The Bertz CT molecular complexity index is 1480. The van der Waals surface area contributed by atoms with E-state index in [1.807, 2.05) is 7.05 Å². The average molecular weight is 533 g/mol. The second-order valence-corrected chi connectivity index (χ2v) is 10.5. The van der Waals surface area contributed by atoms with Crippen LogP contribution in [0.1, 0.15) is 12.8 Å². The Morgan fingerprint density at radius 1 is 1.22 bits per heavy atom. The summed E-state index contributed by atoms with van der Waals surface area (Å²) in [6.45, 7) is 2.69. The standard InChI is InChI=1S/C24H23ClF2N6O2S/c1-33-6-2-3-11(33)10-34-24-31-19-14(22(32-24)35-12-8-29-9-12)7-15(25)17(18(19)27)13-4-5-16(26)21-20(13)30-23(28)36-21/h4-5,7,11-12,29H,2-3,6,8-10H2,1H3,(H2,28,30)/t11-/m0/s1. The summed E-state index contributed by atoms with van der Waals surface area (Å²) in [5.41, 5.74) is 6.44. The zero-order valence-corrected chi connectivity index (χ0v) is 20.9. The molecular weight excluding hydrogens is 510 g/mol. The molecule has 8 nitrogen and oxygen atoms in total. The highest BCUT2D eigenvalue weighted by atomic mass is 35.5. The van der Waals surface area contributed by atoms with Gasteiger partial charge in [0.1, 0.15) is 24.0 Å². The van der Waals surface area contributed by atoms with Gasteiger partial charge < -0.3 is 25.4 Å². The number of ether oxygens (including phenoxy) is 2. The fourth-order valence-electron chi connectivity index (χ4n) is 4.61. The number of nitrogens with zero attached hydrogens (tertiary/aromatic N) is 4. The SMILES string of the molecule is CN1CCC[C@H]1COc1nc(OC2CNC2)c2cc(Cl)c(-c3ccc(F)c4sc(N)nc34)c(F)c2n1. The van der Waals surface area contributed by atoms with Gasteiger partial charge in [-0.3, -0.25) is 0 Å². The number of hydrogen-bond acceptors (Lipinski definition) is 9. The first-order valence-electron chi connectivity index (χ1n) is 11.6. The Morgan fingerprint density at radius 3 is 2.78 bits per heavy atom. The Hall–Kier alpha value is -2.86. The number of thiazole rings is 1. The molecule has 6 rings (SSSR count). The van der Waals surface area contributed by atoms with Gasteiger partial charge in [0.2, 0.25) is 5.88 Å². The third-order valence-corrected chi connectivity index (χ3v) is 7.90. The van der Waals surface area contributed by atoms with E-state index in [0.29, 0.717) is 30.6 Å². The Balaban J connectivity index is 1.48. The molecule has 2 aliphatic rings. The molecule has 3 N–H and O–H groups in total. The maximum atomic E-state index is 16.2.